The second-order valence-corrected chi connectivity index (χ2v) is 9.26. The molecule has 0 amide bonds. The van der Waals surface area contributed by atoms with Crippen molar-refractivity contribution < 1.29 is 8.42 Å². The third-order valence-corrected chi connectivity index (χ3v) is 7.47. The van der Waals surface area contributed by atoms with Gasteiger partial charge < -0.3 is 5.32 Å². The summed E-state index contributed by atoms with van der Waals surface area (Å²) in [4.78, 5) is 4.60. The lowest BCUT2D eigenvalue weighted by atomic mass is 9.99. The van der Waals surface area contributed by atoms with Crippen LogP contribution >= 0.6 is 0 Å². The highest BCUT2D eigenvalue weighted by atomic mass is 32.2. The number of nitrogens with zero attached hydrogens (tertiary/aromatic N) is 6. The maximum atomic E-state index is 13.1. The van der Waals surface area contributed by atoms with Crippen LogP contribution in [0.1, 0.15) is 35.8 Å². The van der Waals surface area contributed by atoms with Gasteiger partial charge in [-0.05, 0) is 37.1 Å². The Balaban J connectivity index is 1.48. The molecule has 1 atom stereocenters. The highest BCUT2D eigenvalue weighted by Gasteiger charge is 2.33. The average molecular weight is 409 g/mol. The SMILES string of the molecule is N#Cc1ccc(S(=O)(=O)N2CCC[C@H](c3nnc4cnc5c(n34)CCN5)C2)cc1. The van der Waals surface area contributed by atoms with Crippen LogP contribution in [0.3, 0.4) is 0 Å². The van der Waals surface area contributed by atoms with Crippen molar-refractivity contribution in [1.82, 2.24) is 23.9 Å². The molecule has 9 nitrogen and oxygen atoms in total. The zero-order valence-electron chi connectivity index (χ0n) is 15.6. The van der Waals surface area contributed by atoms with E-state index in [1.165, 1.54) is 28.6 Å². The van der Waals surface area contributed by atoms with Gasteiger partial charge in [0, 0.05) is 32.0 Å². The fraction of sp³-hybridized carbons (Fsp3) is 0.368. The molecular formula is C19H19N7O2S. The van der Waals surface area contributed by atoms with Crippen molar-refractivity contribution in [1.29, 1.82) is 5.26 Å². The van der Waals surface area contributed by atoms with Crippen molar-refractivity contribution in [3.8, 4) is 6.07 Å². The van der Waals surface area contributed by atoms with Crippen LogP contribution in [-0.2, 0) is 16.4 Å². The van der Waals surface area contributed by atoms with Crippen molar-refractivity contribution in [2.24, 2.45) is 0 Å². The molecule has 0 aliphatic carbocycles. The number of piperidine rings is 1. The Morgan fingerprint density at radius 1 is 1.21 bits per heavy atom. The van der Waals surface area contributed by atoms with E-state index in [1.54, 1.807) is 6.20 Å². The summed E-state index contributed by atoms with van der Waals surface area (Å²) in [6, 6.07) is 8.06. The van der Waals surface area contributed by atoms with E-state index >= 15 is 0 Å². The molecule has 1 fully saturated rings. The molecule has 0 spiro atoms. The van der Waals surface area contributed by atoms with E-state index in [9.17, 15) is 8.42 Å². The minimum Gasteiger partial charge on any atom is -0.368 e. The van der Waals surface area contributed by atoms with Gasteiger partial charge in [-0.25, -0.2) is 13.4 Å². The molecule has 2 aliphatic heterocycles. The number of anilines is 1. The number of hydrogen-bond donors (Lipinski definition) is 1. The van der Waals surface area contributed by atoms with Gasteiger partial charge in [0.15, 0.2) is 5.65 Å². The predicted octanol–water partition coefficient (Wildman–Crippen LogP) is 1.53. The minimum absolute atomic E-state index is 0.0426. The molecule has 4 heterocycles. The maximum absolute atomic E-state index is 13.1. The van der Waals surface area contributed by atoms with Crippen molar-refractivity contribution in [3.05, 3.63) is 47.5 Å². The molecule has 148 valence electrons. The molecular weight excluding hydrogens is 390 g/mol. The fourth-order valence-corrected chi connectivity index (χ4v) is 5.66. The van der Waals surface area contributed by atoms with Crippen LogP contribution < -0.4 is 5.32 Å². The van der Waals surface area contributed by atoms with Crippen molar-refractivity contribution in [2.45, 2.75) is 30.1 Å². The van der Waals surface area contributed by atoms with Gasteiger partial charge in [0.1, 0.15) is 11.6 Å². The second-order valence-electron chi connectivity index (χ2n) is 7.32. The first-order valence-electron chi connectivity index (χ1n) is 9.55. The largest absolute Gasteiger partial charge is 0.368 e. The van der Waals surface area contributed by atoms with Gasteiger partial charge in [-0.1, -0.05) is 0 Å². The quantitative estimate of drug-likeness (QED) is 0.697. The van der Waals surface area contributed by atoms with Gasteiger partial charge in [0.25, 0.3) is 0 Å². The Hall–Kier alpha value is -3.03. The summed E-state index contributed by atoms with van der Waals surface area (Å²) in [5.41, 5.74) is 2.18. The maximum Gasteiger partial charge on any atom is 0.243 e. The molecule has 0 saturated carbocycles. The molecule has 0 radical (unpaired) electrons. The number of benzene rings is 1. The Morgan fingerprint density at radius 3 is 2.83 bits per heavy atom. The first-order valence-corrected chi connectivity index (χ1v) is 11.0. The molecule has 2 aliphatic rings. The number of nitriles is 1. The molecule has 1 N–H and O–H groups in total. The van der Waals surface area contributed by atoms with Crippen LogP contribution in [0.5, 0.6) is 0 Å². The molecule has 29 heavy (non-hydrogen) atoms. The number of fused-ring (bicyclic) bond motifs is 3. The predicted molar refractivity (Wildman–Crippen MR) is 105 cm³/mol. The van der Waals surface area contributed by atoms with Gasteiger partial charge in [-0.2, -0.15) is 9.57 Å². The van der Waals surface area contributed by atoms with E-state index in [0.717, 1.165) is 43.1 Å². The summed E-state index contributed by atoms with van der Waals surface area (Å²) in [6.07, 6.45) is 4.14. The third-order valence-electron chi connectivity index (χ3n) is 5.59. The van der Waals surface area contributed by atoms with Crippen LogP contribution in [0, 0.1) is 11.3 Å². The van der Waals surface area contributed by atoms with Crippen molar-refractivity contribution >= 4 is 21.5 Å². The van der Waals surface area contributed by atoms with Gasteiger partial charge >= 0.3 is 0 Å². The van der Waals surface area contributed by atoms with Gasteiger partial charge in [0.05, 0.1) is 28.4 Å². The third kappa shape index (κ3) is 2.94. The average Bonchev–Trinajstić information content (AvgIpc) is 3.40. The smallest absolute Gasteiger partial charge is 0.243 e. The standard InChI is InChI=1S/C19H19N7O2S/c20-10-13-3-5-15(6-4-13)29(27,28)25-9-1-2-14(12-25)19-24-23-17-11-22-18-16(26(17)19)7-8-21-18/h3-6,11,14,21H,1-2,7-9,12H2/t14-/m0/s1. The van der Waals surface area contributed by atoms with E-state index < -0.39 is 10.0 Å². The molecule has 5 rings (SSSR count). The summed E-state index contributed by atoms with van der Waals surface area (Å²) >= 11 is 0. The Kier molecular flexibility index (Phi) is 4.22. The van der Waals surface area contributed by atoms with Gasteiger partial charge in [0.2, 0.25) is 10.0 Å². The summed E-state index contributed by atoms with van der Waals surface area (Å²) in [6.45, 7) is 1.65. The van der Waals surface area contributed by atoms with Crippen molar-refractivity contribution in [3.63, 3.8) is 0 Å². The summed E-state index contributed by atoms with van der Waals surface area (Å²) in [5.74, 6) is 1.59. The molecule has 0 unspecified atom stereocenters. The normalized spacial score (nSPS) is 19.6. The van der Waals surface area contributed by atoms with Gasteiger partial charge in [-0.3, -0.25) is 4.40 Å². The zero-order chi connectivity index (χ0) is 20.0. The van der Waals surface area contributed by atoms with Crippen LogP contribution in [0.15, 0.2) is 35.4 Å². The van der Waals surface area contributed by atoms with E-state index in [0.29, 0.717) is 24.3 Å². The van der Waals surface area contributed by atoms with E-state index in [4.69, 9.17) is 5.26 Å². The number of rotatable bonds is 3. The lowest BCUT2D eigenvalue weighted by Gasteiger charge is -2.31. The minimum atomic E-state index is -3.63. The van der Waals surface area contributed by atoms with E-state index in [2.05, 4.69) is 20.5 Å². The van der Waals surface area contributed by atoms with E-state index in [-0.39, 0.29) is 10.8 Å². The molecule has 1 saturated heterocycles. The second kappa shape index (κ2) is 6.79. The molecule has 1 aromatic carbocycles. The monoisotopic (exact) mass is 409 g/mol. The Bertz CT molecular complexity index is 1230. The Labute approximate surface area is 168 Å². The highest BCUT2D eigenvalue weighted by Crippen LogP contribution is 2.31. The summed E-state index contributed by atoms with van der Waals surface area (Å²) in [5, 5.41) is 20.9. The Morgan fingerprint density at radius 2 is 2.03 bits per heavy atom. The topological polar surface area (TPSA) is 116 Å². The van der Waals surface area contributed by atoms with Crippen LogP contribution in [0.25, 0.3) is 5.65 Å². The van der Waals surface area contributed by atoms with Crippen LogP contribution in [0.2, 0.25) is 0 Å². The number of aromatic nitrogens is 4. The van der Waals surface area contributed by atoms with Crippen LogP contribution in [0.4, 0.5) is 5.82 Å². The van der Waals surface area contributed by atoms with Gasteiger partial charge in [-0.15, -0.1) is 10.2 Å². The number of sulfonamides is 1. The zero-order valence-corrected chi connectivity index (χ0v) is 16.4. The van der Waals surface area contributed by atoms with Crippen LogP contribution in [-0.4, -0.2) is 51.9 Å². The summed E-state index contributed by atoms with van der Waals surface area (Å²) < 4.78 is 29.8. The fourth-order valence-electron chi connectivity index (χ4n) is 4.14. The lowest BCUT2D eigenvalue weighted by molar-refractivity contribution is 0.308. The molecule has 10 heteroatoms. The first kappa shape index (κ1) is 18.0. The number of hydrogen-bond acceptors (Lipinski definition) is 7. The molecule has 3 aromatic rings. The number of nitrogens with one attached hydrogen (secondary N) is 1. The highest BCUT2D eigenvalue weighted by molar-refractivity contribution is 7.89. The van der Waals surface area contributed by atoms with E-state index in [1.807, 2.05) is 10.5 Å². The first-order chi connectivity index (χ1) is 14.1. The summed E-state index contributed by atoms with van der Waals surface area (Å²) in [7, 11) is -3.63. The lowest BCUT2D eigenvalue weighted by Crippen LogP contribution is -2.39. The molecule has 2 aromatic heterocycles. The van der Waals surface area contributed by atoms with Crippen molar-refractivity contribution in [2.75, 3.05) is 25.0 Å². The molecule has 0 bridgehead atoms.